The van der Waals surface area contributed by atoms with E-state index in [1.54, 1.807) is 13.0 Å². The van der Waals surface area contributed by atoms with E-state index in [-0.39, 0.29) is 10.0 Å². The molecule has 108 valence electrons. The van der Waals surface area contributed by atoms with Crippen LogP contribution in [0.5, 0.6) is 0 Å². The van der Waals surface area contributed by atoms with Crippen molar-refractivity contribution in [2.75, 3.05) is 10.5 Å². The van der Waals surface area contributed by atoms with Crippen LogP contribution in [-0.4, -0.2) is 18.2 Å². The average Bonchev–Trinajstić information content (AvgIpc) is 2.70. The molecule has 0 aliphatic heterocycles. The summed E-state index contributed by atoms with van der Waals surface area (Å²) in [5.41, 5.74) is 8.27. The van der Waals surface area contributed by atoms with Crippen LogP contribution < -0.4 is 10.5 Å². The Morgan fingerprint density at radius 2 is 2.00 bits per heavy atom. The number of nitrogens with zero attached hydrogens (tertiary/aromatic N) is 2. The normalized spacial score (nSPS) is 11.6. The topological polar surface area (TPSA) is 90.0 Å². The number of benzene rings is 1. The van der Waals surface area contributed by atoms with Crippen LogP contribution in [-0.2, 0) is 17.1 Å². The molecule has 6 nitrogen and oxygen atoms in total. The molecule has 0 saturated heterocycles. The molecule has 2 rings (SSSR count). The predicted molar refractivity (Wildman–Crippen MR) is 79.4 cm³/mol. The van der Waals surface area contributed by atoms with E-state index in [9.17, 15) is 8.42 Å². The van der Waals surface area contributed by atoms with Gasteiger partial charge in [0.2, 0.25) is 0 Å². The molecule has 2 aromatic rings. The maximum Gasteiger partial charge on any atom is 0.280 e. The lowest BCUT2D eigenvalue weighted by Gasteiger charge is -2.14. The summed E-state index contributed by atoms with van der Waals surface area (Å²) >= 11 is 5.87. The molecule has 0 radical (unpaired) electrons. The largest absolute Gasteiger partial charge is 0.397 e. The minimum atomic E-state index is -3.85. The lowest BCUT2D eigenvalue weighted by Crippen LogP contribution is -2.18. The molecule has 0 atom stereocenters. The lowest BCUT2D eigenvalue weighted by atomic mass is 10.1. The Morgan fingerprint density at radius 1 is 1.35 bits per heavy atom. The number of nitrogen functional groups attached to an aromatic ring is 1. The summed E-state index contributed by atoms with van der Waals surface area (Å²) < 4.78 is 28.5. The van der Waals surface area contributed by atoms with Crippen molar-refractivity contribution in [3.63, 3.8) is 0 Å². The smallest absolute Gasteiger partial charge is 0.280 e. The molecule has 0 saturated carbocycles. The van der Waals surface area contributed by atoms with E-state index in [0.29, 0.717) is 11.4 Å². The van der Waals surface area contributed by atoms with Gasteiger partial charge in [-0.05, 0) is 31.0 Å². The van der Waals surface area contributed by atoms with Crippen LogP contribution in [0.15, 0.2) is 23.4 Å². The zero-order chi connectivity index (χ0) is 15.1. The Balaban J connectivity index is 2.53. The zero-order valence-corrected chi connectivity index (χ0v) is 12.9. The highest BCUT2D eigenvalue weighted by Crippen LogP contribution is 2.29. The van der Waals surface area contributed by atoms with Crippen molar-refractivity contribution >= 4 is 33.0 Å². The van der Waals surface area contributed by atoms with Crippen molar-refractivity contribution in [1.29, 1.82) is 0 Å². The van der Waals surface area contributed by atoms with Gasteiger partial charge in [-0.15, -0.1) is 0 Å². The second-order valence-corrected chi connectivity index (χ2v) is 6.50. The average molecular weight is 315 g/mol. The Kier molecular flexibility index (Phi) is 3.66. The molecule has 0 amide bonds. The van der Waals surface area contributed by atoms with Crippen LogP contribution in [0.3, 0.4) is 0 Å². The summed E-state index contributed by atoms with van der Waals surface area (Å²) in [6.07, 6.45) is 1.28. The van der Waals surface area contributed by atoms with E-state index in [2.05, 4.69) is 9.82 Å². The van der Waals surface area contributed by atoms with E-state index in [4.69, 9.17) is 17.3 Å². The fraction of sp³-hybridized carbons (Fsp3) is 0.250. The summed E-state index contributed by atoms with van der Waals surface area (Å²) in [5.74, 6) is 0. The van der Waals surface area contributed by atoms with Crippen LogP contribution in [0.25, 0.3) is 0 Å². The summed E-state index contributed by atoms with van der Waals surface area (Å²) in [6, 6.07) is 3.49. The fourth-order valence-electron chi connectivity index (χ4n) is 1.86. The molecule has 0 unspecified atom stereocenters. The first-order chi connectivity index (χ1) is 9.24. The van der Waals surface area contributed by atoms with Gasteiger partial charge in [0.05, 0.1) is 22.6 Å². The number of hydrogen-bond donors (Lipinski definition) is 2. The quantitative estimate of drug-likeness (QED) is 0.849. The Morgan fingerprint density at radius 3 is 2.55 bits per heavy atom. The molecule has 0 aliphatic carbocycles. The molecule has 3 N–H and O–H groups in total. The van der Waals surface area contributed by atoms with Gasteiger partial charge in [0.15, 0.2) is 5.03 Å². The molecule has 1 aromatic carbocycles. The Labute approximate surface area is 122 Å². The van der Waals surface area contributed by atoms with Gasteiger partial charge in [-0.25, -0.2) is 0 Å². The highest BCUT2D eigenvalue weighted by molar-refractivity contribution is 7.92. The number of rotatable bonds is 3. The van der Waals surface area contributed by atoms with Crippen molar-refractivity contribution in [2.24, 2.45) is 7.05 Å². The van der Waals surface area contributed by atoms with E-state index < -0.39 is 10.0 Å². The predicted octanol–water partition coefficient (Wildman–Crippen LogP) is 2.07. The monoisotopic (exact) mass is 314 g/mol. The molecule has 0 fully saturated rings. The molecule has 20 heavy (non-hydrogen) atoms. The molecule has 0 aliphatic rings. The van der Waals surface area contributed by atoms with Gasteiger partial charge in [-0.3, -0.25) is 9.40 Å². The maximum atomic E-state index is 12.4. The van der Waals surface area contributed by atoms with Gasteiger partial charge in [0, 0.05) is 7.05 Å². The highest BCUT2D eigenvalue weighted by atomic mass is 35.5. The van der Waals surface area contributed by atoms with Gasteiger partial charge < -0.3 is 5.73 Å². The van der Waals surface area contributed by atoms with Crippen LogP contribution >= 0.6 is 11.6 Å². The number of aryl methyl sites for hydroxylation is 2. The number of nitrogens with one attached hydrogen (secondary N) is 1. The van der Waals surface area contributed by atoms with Crippen molar-refractivity contribution in [1.82, 2.24) is 9.78 Å². The molecule has 0 spiro atoms. The van der Waals surface area contributed by atoms with Crippen molar-refractivity contribution in [2.45, 2.75) is 18.9 Å². The number of hydrogen-bond acceptors (Lipinski definition) is 4. The SMILES string of the molecule is Cc1ccc(N)c(NS(=O)(=O)c2c(Cl)cnn2C)c1C. The second kappa shape index (κ2) is 4.99. The summed E-state index contributed by atoms with van der Waals surface area (Å²) in [4.78, 5) is 0. The summed E-state index contributed by atoms with van der Waals surface area (Å²) in [5, 5.41) is 3.78. The van der Waals surface area contributed by atoms with Crippen LogP contribution in [0, 0.1) is 13.8 Å². The molecule has 1 aromatic heterocycles. The highest BCUT2D eigenvalue weighted by Gasteiger charge is 2.24. The Bertz CT molecular complexity index is 749. The molecular weight excluding hydrogens is 300 g/mol. The molecule has 1 heterocycles. The van der Waals surface area contributed by atoms with Gasteiger partial charge in [0.25, 0.3) is 10.0 Å². The maximum absolute atomic E-state index is 12.4. The van der Waals surface area contributed by atoms with Crippen molar-refractivity contribution < 1.29 is 8.42 Å². The first-order valence-corrected chi connectivity index (χ1v) is 7.66. The first-order valence-electron chi connectivity index (χ1n) is 5.80. The van der Waals surface area contributed by atoms with Gasteiger partial charge >= 0.3 is 0 Å². The number of aromatic nitrogens is 2. The number of nitrogens with two attached hydrogens (primary N) is 1. The standard InChI is InChI=1S/C12H15ClN4O2S/c1-7-4-5-10(14)11(8(7)2)16-20(18,19)12-9(13)6-15-17(12)3/h4-6,16H,14H2,1-3H3. The second-order valence-electron chi connectivity index (χ2n) is 4.50. The minimum absolute atomic E-state index is 0.0591. The van der Waals surface area contributed by atoms with E-state index in [1.807, 2.05) is 13.0 Å². The number of anilines is 2. The van der Waals surface area contributed by atoms with Crippen LogP contribution in [0.1, 0.15) is 11.1 Å². The zero-order valence-electron chi connectivity index (χ0n) is 11.3. The van der Waals surface area contributed by atoms with Crippen LogP contribution in [0.2, 0.25) is 5.02 Å². The number of sulfonamides is 1. The third kappa shape index (κ3) is 2.46. The lowest BCUT2D eigenvalue weighted by molar-refractivity contribution is 0.582. The van der Waals surface area contributed by atoms with E-state index >= 15 is 0 Å². The van der Waals surface area contributed by atoms with Gasteiger partial charge in [0.1, 0.15) is 0 Å². The Hall–Kier alpha value is -1.73. The fourth-order valence-corrected chi connectivity index (χ4v) is 3.67. The molecular formula is C12H15ClN4O2S. The minimum Gasteiger partial charge on any atom is -0.397 e. The molecule has 8 heteroatoms. The number of halogens is 1. The molecule has 0 bridgehead atoms. The van der Waals surface area contributed by atoms with E-state index in [1.165, 1.54) is 17.9 Å². The van der Waals surface area contributed by atoms with Crippen molar-refractivity contribution in [3.8, 4) is 0 Å². The third-order valence-corrected chi connectivity index (χ3v) is 4.96. The first kappa shape index (κ1) is 14.7. The van der Waals surface area contributed by atoms with Crippen molar-refractivity contribution in [3.05, 3.63) is 34.5 Å². The van der Waals surface area contributed by atoms with E-state index in [0.717, 1.165) is 11.1 Å². The summed E-state index contributed by atoms with van der Waals surface area (Å²) in [6.45, 7) is 3.68. The van der Waals surface area contributed by atoms with Crippen LogP contribution in [0.4, 0.5) is 11.4 Å². The third-order valence-electron chi connectivity index (χ3n) is 3.10. The van der Waals surface area contributed by atoms with Gasteiger partial charge in [-0.1, -0.05) is 17.7 Å². The van der Waals surface area contributed by atoms with Gasteiger partial charge in [-0.2, -0.15) is 13.5 Å². The summed E-state index contributed by atoms with van der Waals surface area (Å²) in [7, 11) is -2.35.